The molecule has 0 spiro atoms. The number of unbranched alkanes of at least 4 members (excludes halogenated alkanes) is 1. The van der Waals surface area contributed by atoms with Gasteiger partial charge >= 0.3 is 0 Å². The number of allylic oxidation sites excluding steroid dienone is 1. The minimum absolute atomic E-state index is 0.184. The third-order valence-electron chi connectivity index (χ3n) is 5.58. The molecule has 1 heterocycles. The number of methoxy groups -OCH3 is 1. The van der Waals surface area contributed by atoms with Crippen molar-refractivity contribution in [1.29, 1.82) is 0 Å². The van der Waals surface area contributed by atoms with Gasteiger partial charge in [-0.1, -0.05) is 18.2 Å². The van der Waals surface area contributed by atoms with Gasteiger partial charge in [0.25, 0.3) is 0 Å². The molecule has 2 aromatic carbocycles. The molecule has 0 aliphatic rings. The van der Waals surface area contributed by atoms with E-state index in [-0.39, 0.29) is 6.61 Å². The lowest BCUT2D eigenvalue weighted by Gasteiger charge is -2.12. The molecule has 5 heteroatoms. The monoisotopic (exact) mass is 422 g/mol. The Morgan fingerprint density at radius 3 is 2.58 bits per heavy atom. The molecule has 3 aromatic rings. The highest BCUT2D eigenvalue weighted by Gasteiger charge is 2.12. The van der Waals surface area contributed by atoms with Crippen molar-refractivity contribution in [1.82, 2.24) is 9.55 Å². The highest BCUT2D eigenvalue weighted by molar-refractivity contribution is 5.78. The third kappa shape index (κ3) is 5.67. The standard InChI is InChI=1S/C26H34N2O3/c1-5-9-21-11-12-24(25(18-21)30-4)31-15-7-6-13-28-23-17-20(3)19(2)16-22(23)27-26(28)10-8-14-29/h5,9,11-12,16-18,29H,6-8,10,13-15H2,1-4H3/b9-5+. The van der Waals surface area contributed by atoms with Crippen molar-refractivity contribution < 1.29 is 14.6 Å². The van der Waals surface area contributed by atoms with E-state index in [2.05, 4.69) is 30.5 Å². The fraction of sp³-hybridized carbons (Fsp3) is 0.423. The number of nitrogens with zero attached hydrogens (tertiary/aromatic N) is 2. The predicted octanol–water partition coefficient (Wildman–Crippen LogP) is 5.48. The number of aromatic nitrogens is 2. The summed E-state index contributed by atoms with van der Waals surface area (Å²) in [5.74, 6) is 2.59. The van der Waals surface area contributed by atoms with Gasteiger partial charge < -0.3 is 19.1 Å². The van der Waals surface area contributed by atoms with Crippen molar-refractivity contribution in [3.05, 3.63) is 58.9 Å². The van der Waals surface area contributed by atoms with Crippen LogP contribution in [0.2, 0.25) is 0 Å². The number of rotatable bonds is 11. The maximum atomic E-state index is 9.26. The molecule has 31 heavy (non-hydrogen) atoms. The summed E-state index contributed by atoms with van der Waals surface area (Å²) in [4.78, 5) is 4.84. The summed E-state index contributed by atoms with van der Waals surface area (Å²) in [7, 11) is 1.67. The number of aryl methyl sites for hydroxylation is 4. The van der Waals surface area contributed by atoms with Gasteiger partial charge in [-0.05, 0) is 81.0 Å². The topological polar surface area (TPSA) is 56.5 Å². The number of aliphatic hydroxyl groups excluding tert-OH is 1. The van der Waals surface area contributed by atoms with Crippen LogP contribution >= 0.6 is 0 Å². The Morgan fingerprint density at radius 1 is 1.03 bits per heavy atom. The predicted molar refractivity (Wildman–Crippen MR) is 127 cm³/mol. The van der Waals surface area contributed by atoms with Gasteiger partial charge in [0.05, 0.1) is 24.8 Å². The second kappa shape index (κ2) is 11.0. The van der Waals surface area contributed by atoms with E-state index in [4.69, 9.17) is 14.5 Å². The van der Waals surface area contributed by atoms with Gasteiger partial charge in [0.15, 0.2) is 11.5 Å². The smallest absolute Gasteiger partial charge is 0.161 e. The van der Waals surface area contributed by atoms with Crippen LogP contribution in [-0.2, 0) is 13.0 Å². The van der Waals surface area contributed by atoms with E-state index in [0.29, 0.717) is 6.61 Å². The summed E-state index contributed by atoms with van der Waals surface area (Å²) in [5.41, 5.74) is 5.85. The SMILES string of the molecule is C/C=C/c1ccc(OCCCCn2c(CCCO)nc3cc(C)c(C)cc32)c(OC)c1. The number of imidazole rings is 1. The van der Waals surface area contributed by atoms with E-state index in [1.165, 1.54) is 16.6 Å². The number of ether oxygens (including phenoxy) is 2. The minimum Gasteiger partial charge on any atom is -0.493 e. The Balaban J connectivity index is 1.63. The molecule has 0 atom stereocenters. The molecular weight excluding hydrogens is 388 g/mol. The Hall–Kier alpha value is -2.79. The summed E-state index contributed by atoms with van der Waals surface area (Å²) in [5, 5.41) is 9.26. The molecule has 0 saturated heterocycles. The lowest BCUT2D eigenvalue weighted by Crippen LogP contribution is -2.07. The Morgan fingerprint density at radius 2 is 1.84 bits per heavy atom. The minimum atomic E-state index is 0.184. The first-order valence-corrected chi connectivity index (χ1v) is 11.1. The molecule has 0 fully saturated rings. The van der Waals surface area contributed by atoms with Crippen LogP contribution in [0.5, 0.6) is 11.5 Å². The van der Waals surface area contributed by atoms with E-state index >= 15 is 0 Å². The van der Waals surface area contributed by atoms with E-state index in [1.807, 2.05) is 37.3 Å². The van der Waals surface area contributed by atoms with Crippen LogP contribution in [0.4, 0.5) is 0 Å². The molecule has 0 aliphatic carbocycles. The fourth-order valence-electron chi connectivity index (χ4n) is 3.76. The summed E-state index contributed by atoms with van der Waals surface area (Å²) in [6, 6.07) is 10.4. The Labute approximate surface area is 185 Å². The Kier molecular flexibility index (Phi) is 8.13. The summed E-state index contributed by atoms with van der Waals surface area (Å²) >= 11 is 0. The van der Waals surface area contributed by atoms with E-state index < -0.39 is 0 Å². The molecule has 0 radical (unpaired) electrons. The number of fused-ring (bicyclic) bond motifs is 1. The Bertz CT molecular complexity index is 1040. The maximum absolute atomic E-state index is 9.26. The number of benzene rings is 2. The number of hydrogen-bond donors (Lipinski definition) is 1. The van der Waals surface area contributed by atoms with E-state index in [0.717, 1.165) is 60.6 Å². The average Bonchev–Trinajstić information content (AvgIpc) is 3.09. The van der Waals surface area contributed by atoms with Crippen molar-refractivity contribution in [3.8, 4) is 11.5 Å². The van der Waals surface area contributed by atoms with Crippen LogP contribution < -0.4 is 9.47 Å². The first-order valence-electron chi connectivity index (χ1n) is 11.1. The van der Waals surface area contributed by atoms with Gasteiger partial charge in [0.1, 0.15) is 5.82 Å². The second-order valence-corrected chi connectivity index (χ2v) is 7.90. The van der Waals surface area contributed by atoms with Crippen LogP contribution in [0, 0.1) is 13.8 Å². The van der Waals surface area contributed by atoms with Crippen LogP contribution in [0.15, 0.2) is 36.4 Å². The van der Waals surface area contributed by atoms with Gasteiger partial charge in [-0.15, -0.1) is 0 Å². The molecule has 0 amide bonds. The van der Waals surface area contributed by atoms with Crippen LogP contribution in [0.25, 0.3) is 17.1 Å². The highest BCUT2D eigenvalue weighted by atomic mass is 16.5. The largest absolute Gasteiger partial charge is 0.493 e. The molecule has 1 N–H and O–H groups in total. The number of aliphatic hydroxyl groups is 1. The molecule has 166 valence electrons. The summed E-state index contributed by atoms with van der Waals surface area (Å²) in [6.45, 7) is 7.97. The third-order valence-corrected chi connectivity index (χ3v) is 5.58. The van der Waals surface area contributed by atoms with Crippen molar-refractivity contribution in [2.24, 2.45) is 0 Å². The first-order chi connectivity index (χ1) is 15.1. The zero-order valence-corrected chi connectivity index (χ0v) is 19.1. The van der Waals surface area contributed by atoms with Crippen molar-refractivity contribution in [2.45, 2.75) is 53.0 Å². The van der Waals surface area contributed by atoms with Gasteiger partial charge in [-0.2, -0.15) is 0 Å². The zero-order valence-electron chi connectivity index (χ0n) is 19.1. The molecule has 5 nitrogen and oxygen atoms in total. The quantitative estimate of drug-likeness (QED) is 0.416. The lowest BCUT2D eigenvalue weighted by molar-refractivity contribution is 0.282. The number of hydrogen-bond acceptors (Lipinski definition) is 4. The zero-order chi connectivity index (χ0) is 22.2. The normalized spacial score (nSPS) is 11.5. The first kappa shape index (κ1) is 22.9. The highest BCUT2D eigenvalue weighted by Crippen LogP contribution is 2.29. The fourth-order valence-corrected chi connectivity index (χ4v) is 3.76. The van der Waals surface area contributed by atoms with Crippen LogP contribution in [0.1, 0.15) is 48.7 Å². The van der Waals surface area contributed by atoms with Gasteiger partial charge in [0, 0.05) is 19.6 Å². The summed E-state index contributed by atoms with van der Waals surface area (Å²) < 4.78 is 13.8. The van der Waals surface area contributed by atoms with Gasteiger partial charge in [-0.3, -0.25) is 0 Å². The maximum Gasteiger partial charge on any atom is 0.161 e. The molecular formula is C26H34N2O3. The van der Waals surface area contributed by atoms with Gasteiger partial charge in [-0.25, -0.2) is 4.98 Å². The van der Waals surface area contributed by atoms with Gasteiger partial charge in [0.2, 0.25) is 0 Å². The summed E-state index contributed by atoms with van der Waals surface area (Å²) in [6.07, 6.45) is 7.49. The molecule has 0 bridgehead atoms. The van der Waals surface area contributed by atoms with Crippen LogP contribution in [0.3, 0.4) is 0 Å². The van der Waals surface area contributed by atoms with Crippen molar-refractivity contribution >= 4 is 17.1 Å². The lowest BCUT2D eigenvalue weighted by atomic mass is 10.1. The van der Waals surface area contributed by atoms with E-state index in [9.17, 15) is 5.11 Å². The van der Waals surface area contributed by atoms with Crippen molar-refractivity contribution in [3.63, 3.8) is 0 Å². The molecule has 1 aromatic heterocycles. The molecule has 0 saturated carbocycles. The van der Waals surface area contributed by atoms with E-state index in [1.54, 1.807) is 7.11 Å². The average molecular weight is 423 g/mol. The second-order valence-electron chi connectivity index (χ2n) is 7.90. The molecule has 0 unspecified atom stereocenters. The van der Waals surface area contributed by atoms with Crippen LogP contribution in [-0.4, -0.2) is 35.0 Å². The molecule has 0 aliphatic heterocycles. The van der Waals surface area contributed by atoms with Crippen molar-refractivity contribution in [2.75, 3.05) is 20.3 Å². The molecule has 3 rings (SSSR count).